The van der Waals surface area contributed by atoms with Gasteiger partial charge in [0.2, 0.25) is 0 Å². The molecule has 0 saturated heterocycles. The Morgan fingerprint density at radius 3 is 2.76 bits per heavy atom. The van der Waals surface area contributed by atoms with E-state index in [1.165, 1.54) is 18.2 Å². The summed E-state index contributed by atoms with van der Waals surface area (Å²) in [6.07, 6.45) is 0. The zero-order chi connectivity index (χ0) is 15.2. The summed E-state index contributed by atoms with van der Waals surface area (Å²) in [7, 11) is 0. The minimum Gasteiger partial charge on any atom is -0.484 e. The number of hydrogen-bond donors (Lipinski definition) is 2. The zero-order valence-corrected chi connectivity index (χ0v) is 11.9. The van der Waals surface area contributed by atoms with Crippen molar-refractivity contribution in [1.29, 1.82) is 0 Å². The first-order valence-electron chi connectivity index (χ1n) is 6.25. The number of hydrogen-bond acceptors (Lipinski definition) is 3. The smallest absolute Gasteiger partial charge is 0.262 e. The third kappa shape index (κ3) is 4.44. The average molecular weight is 309 g/mol. The molecule has 0 aliphatic heterocycles. The summed E-state index contributed by atoms with van der Waals surface area (Å²) in [6, 6.07) is 10.6. The SMILES string of the molecule is NCc1ccc(OCC(=O)Nc2cccc(F)c2)cc1Cl. The van der Waals surface area contributed by atoms with Crippen molar-refractivity contribution < 1.29 is 13.9 Å². The maximum Gasteiger partial charge on any atom is 0.262 e. The molecule has 0 aromatic heterocycles. The van der Waals surface area contributed by atoms with Crippen molar-refractivity contribution in [2.75, 3.05) is 11.9 Å². The summed E-state index contributed by atoms with van der Waals surface area (Å²) in [5.74, 6) is -0.343. The Morgan fingerprint density at radius 2 is 2.10 bits per heavy atom. The molecule has 2 aromatic carbocycles. The summed E-state index contributed by atoms with van der Waals surface area (Å²) in [5.41, 5.74) is 6.68. The lowest BCUT2D eigenvalue weighted by atomic mass is 10.2. The first-order valence-corrected chi connectivity index (χ1v) is 6.63. The quantitative estimate of drug-likeness (QED) is 0.892. The van der Waals surface area contributed by atoms with Crippen LogP contribution in [0.4, 0.5) is 10.1 Å². The Morgan fingerprint density at radius 1 is 1.29 bits per heavy atom. The number of benzene rings is 2. The topological polar surface area (TPSA) is 64.3 Å². The molecule has 0 fully saturated rings. The largest absolute Gasteiger partial charge is 0.484 e. The van der Waals surface area contributed by atoms with E-state index >= 15 is 0 Å². The Kier molecular flexibility index (Phi) is 5.14. The third-order valence-corrected chi connectivity index (χ3v) is 3.07. The number of carbonyl (C=O) groups is 1. The van der Waals surface area contributed by atoms with Crippen molar-refractivity contribution in [3.8, 4) is 5.75 Å². The Balaban J connectivity index is 1.90. The van der Waals surface area contributed by atoms with E-state index in [0.717, 1.165) is 5.56 Å². The molecule has 0 aliphatic rings. The number of nitrogens with two attached hydrogens (primary N) is 1. The summed E-state index contributed by atoms with van der Waals surface area (Å²) >= 11 is 5.99. The number of anilines is 1. The van der Waals surface area contributed by atoms with E-state index in [1.807, 2.05) is 0 Å². The standard InChI is InChI=1S/C15H14ClFN2O2/c16-14-7-13(5-4-10(14)8-18)21-9-15(20)19-12-3-1-2-11(17)6-12/h1-7H,8-9,18H2,(H,19,20). The fraction of sp³-hybridized carbons (Fsp3) is 0.133. The van der Waals surface area contributed by atoms with Gasteiger partial charge in [-0.2, -0.15) is 0 Å². The van der Waals surface area contributed by atoms with Crippen LogP contribution in [-0.4, -0.2) is 12.5 Å². The lowest BCUT2D eigenvalue weighted by Crippen LogP contribution is -2.20. The van der Waals surface area contributed by atoms with Gasteiger partial charge in [0.15, 0.2) is 6.61 Å². The summed E-state index contributed by atoms with van der Waals surface area (Å²) in [6.45, 7) is 0.133. The van der Waals surface area contributed by atoms with Gasteiger partial charge in [-0.3, -0.25) is 4.79 Å². The molecule has 6 heteroatoms. The highest BCUT2D eigenvalue weighted by atomic mass is 35.5. The number of rotatable bonds is 5. The van der Waals surface area contributed by atoms with Crippen LogP contribution < -0.4 is 15.8 Å². The van der Waals surface area contributed by atoms with Gasteiger partial charge < -0.3 is 15.8 Å². The molecule has 2 rings (SSSR count). The van der Waals surface area contributed by atoms with Gasteiger partial charge >= 0.3 is 0 Å². The summed E-state index contributed by atoms with van der Waals surface area (Å²) in [4.78, 5) is 11.7. The number of amides is 1. The van der Waals surface area contributed by atoms with E-state index < -0.39 is 5.82 Å². The van der Waals surface area contributed by atoms with Gasteiger partial charge in [0, 0.05) is 17.3 Å². The molecular formula is C15H14ClFN2O2. The molecule has 0 atom stereocenters. The molecule has 2 aromatic rings. The monoisotopic (exact) mass is 308 g/mol. The van der Waals surface area contributed by atoms with Gasteiger partial charge in [0.25, 0.3) is 5.91 Å². The minimum atomic E-state index is -0.419. The molecule has 0 radical (unpaired) electrons. The third-order valence-electron chi connectivity index (χ3n) is 2.72. The number of ether oxygens (including phenoxy) is 1. The van der Waals surface area contributed by atoms with Crippen LogP contribution in [0.25, 0.3) is 0 Å². The van der Waals surface area contributed by atoms with E-state index in [-0.39, 0.29) is 12.5 Å². The predicted octanol–water partition coefficient (Wildman–Crippen LogP) is 2.96. The van der Waals surface area contributed by atoms with Crippen molar-refractivity contribution in [2.24, 2.45) is 5.73 Å². The fourth-order valence-corrected chi connectivity index (χ4v) is 1.94. The molecule has 1 amide bonds. The predicted molar refractivity (Wildman–Crippen MR) is 79.9 cm³/mol. The molecule has 0 aliphatic carbocycles. The van der Waals surface area contributed by atoms with Crippen LogP contribution in [0.5, 0.6) is 5.75 Å². The second-order valence-corrected chi connectivity index (χ2v) is 4.71. The number of nitrogens with one attached hydrogen (secondary N) is 1. The van der Waals surface area contributed by atoms with E-state index in [4.69, 9.17) is 22.1 Å². The number of carbonyl (C=O) groups excluding carboxylic acids is 1. The Hall–Kier alpha value is -2.11. The lowest BCUT2D eigenvalue weighted by Gasteiger charge is -2.09. The Bertz CT molecular complexity index is 649. The van der Waals surface area contributed by atoms with Gasteiger partial charge in [-0.25, -0.2) is 4.39 Å². The lowest BCUT2D eigenvalue weighted by molar-refractivity contribution is -0.118. The maximum absolute atomic E-state index is 13.0. The fourth-order valence-electron chi connectivity index (χ4n) is 1.70. The molecule has 0 heterocycles. The molecule has 21 heavy (non-hydrogen) atoms. The van der Waals surface area contributed by atoms with E-state index in [0.29, 0.717) is 23.0 Å². The van der Waals surface area contributed by atoms with E-state index in [2.05, 4.69) is 5.32 Å². The molecule has 0 spiro atoms. The highest BCUT2D eigenvalue weighted by molar-refractivity contribution is 6.31. The summed E-state index contributed by atoms with van der Waals surface area (Å²) < 4.78 is 18.3. The number of halogens is 2. The van der Waals surface area contributed by atoms with Crippen molar-refractivity contribution in [3.05, 3.63) is 58.9 Å². The van der Waals surface area contributed by atoms with Crippen LogP contribution in [0, 0.1) is 5.82 Å². The van der Waals surface area contributed by atoms with Gasteiger partial charge in [0.1, 0.15) is 11.6 Å². The minimum absolute atomic E-state index is 0.200. The van der Waals surface area contributed by atoms with Gasteiger partial charge in [-0.05, 0) is 35.9 Å². The van der Waals surface area contributed by atoms with Gasteiger partial charge in [-0.15, -0.1) is 0 Å². The van der Waals surface area contributed by atoms with E-state index in [9.17, 15) is 9.18 Å². The molecule has 0 bridgehead atoms. The molecule has 4 nitrogen and oxygen atoms in total. The van der Waals surface area contributed by atoms with Gasteiger partial charge in [0.05, 0.1) is 0 Å². The highest BCUT2D eigenvalue weighted by Crippen LogP contribution is 2.22. The van der Waals surface area contributed by atoms with Crippen LogP contribution in [0.2, 0.25) is 5.02 Å². The molecule has 3 N–H and O–H groups in total. The van der Waals surface area contributed by atoms with Gasteiger partial charge in [-0.1, -0.05) is 23.7 Å². The van der Waals surface area contributed by atoms with Crippen molar-refractivity contribution >= 4 is 23.2 Å². The van der Waals surface area contributed by atoms with Crippen LogP contribution in [0.1, 0.15) is 5.56 Å². The molecule has 0 saturated carbocycles. The van der Waals surface area contributed by atoms with Crippen molar-refractivity contribution in [1.82, 2.24) is 0 Å². The maximum atomic E-state index is 13.0. The van der Waals surface area contributed by atoms with Crippen molar-refractivity contribution in [3.63, 3.8) is 0 Å². The highest BCUT2D eigenvalue weighted by Gasteiger charge is 2.06. The van der Waals surface area contributed by atoms with Crippen LogP contribution in [0.15, 0.2) is 42.5 Å². The first-order chi connectivity index (χ1) is 10.1. The van der Waals surface area contributed by atoms with Crippen LogP contribution in [0.3, 0.4) is 0 Å². The van der Waals surface area contributed by atoms with E-state index in [1.54, 1.807) is 24.3 Å². The zero-order valence-electron chi connectivity index (χ0n) is 11.1. The van der Waals surface area contributed by atoms with Crippen LogP contribution in [-0.2, 0) is 11.3 Å². The molecular weight excluding hydrogens is 295 g/mol. The van der Waals surface area contributed by atoms with Crippen molar-refractivity contribution in [2.45, 2.75) is 6.54 Å². The average Bonchev–Trinajstić information content (AvgIpc) is 2.45. The normalized spacial score (nSPS) is 10.2. The second kappa shape index (κ2) is 7.06. The summed E-state index contributed by atoms with van der Waals surface area (Å²) in [5, 5.41) is 3.02. The second-order valence-electron chi connectivity index (χ2n) is 4.30. The van der Waals surface area contributed by atoms with Crippen LogP contribution >= 0.6 is 11.6 Å². The molecule has 110 valence electrons. The Labute approximate surface area is 126 Å². The first kappa shape index (κ1) is 15.3. The molecule has 0 unspecified atom stereocenters.